The number of hydrogen-bond acceptors (Lipinski definition) is 12. The lowest BCUT2D eigenvalue weighted by molar-refractivity contribution is -0.409. The number of alkyl halides is 3. The number of amides is 1. The number of aliphatic hydroxyl groups excluding tert-OH is 1. The van der Waals surface area contributed by atoms with Gasteiger partial charge in [0.05, 0.1) is 53.4 Å². The quantitative estimate of drug-likeness (QED) is 0.0997. The molecule has 4 saturated heterocycles. The van der Waals surface area contributed by atoms with Gasteiger partial charge in [-0.05, 0) is 120 Å². The summed E-state index contributed by atoms with van der Waals surface area (Å²) in [6.07, 6.45) is -0.261. The number of carbonyl (C=O) groups excluding carboxylic acids is 4. The third-order valence-electron chi connectivity index (χ3n) is 17.2. The van der Waals surface area contributed by atoms with Crippen molar-refractivity contribution in [2.24, 2.45) is 41.4 Å². The van der Waals surface area contributed by atoms with Crippen LogP contribution in [-0.2, 0) is 53.8 Å². The molecular weight excluding hydrogens is 924 g/mol. The van der Waals surface area contributed by atoms with E-state index in [1.54, 1.807) is 19.1 Å². The Hall–Kier alpha value is -3.25. The summed E-state index contributed by atoms with van der Waals surface area (Å²) in [6.45, 7) is 22.1. The van der Waals surface area contributed by atoms with E-state index in [1.807, 2.05) is 55.4 Å². The molecule has 0 radical (unpaired) electrons. The second kappa shape index (κ2) is 22.3. The summed E-state index contributed by atoms with van der Waals surface area (Å²) < 4.78 is 80.7. The Kier molecular flexibility index (Phi) is 17.9. The van der Waals surface area contributed by atoms with Crippen LogP contribution in [0, 0.1) is 48.3 Å². The fraction of sp³-hybridized carbons (Fsp3) is 0.782. The maximum atomic E-state index is 14.8. The molecule has 0 saturated carbocycles. The van der Waals surface area contributed by atoms with Crippen molar-refractivity contribution in [3.05, 3.63) is 41.5 Å². The monoisotopic (exact) mass is 1010 g/mol. The molecule has 0 aromatic heterocycles. The van der Waals surface area contributed by atoms with Crippen LogP contribution < -0.4 is 5.32 Å². The fourth-order valence-corrected chi connectivity index (χ4v) is 12.5. The summed E-state index contributed by atoms with van der Waals surface area (Å²) in [4.78, 5) is 53.8. The molecule has 5 aliphatic rings. The molecule has 1 amide bonds. The maximum absolute atomic E-state index is 14.8. The molecule has 18 atom stereocenters. The number of aliphatic hydroxyl groups is 2. The molecule has 71 heavy (non-hydrogen) atoms. The van der Waals surface area contributed by atoms with E-state index in [1.165, 1.54) is 26.0 Å². The normalized spacial score (nSPS) is 37.5. The van der Waals surface area contributed by atoms with Crippen molar-refractivity contribution in [1.82, 2.24) is 0 Å². The Bertz CT molecular complexity index is 2100. The van der Waals surface area contributed by atoms with Crippen LogP contribution in [0.15, 0.2) is 30.4 Å². The van der Waals surface area contributed by atoms with Crippen LogP contribution in [0.2, 0.25) is 0 Å². The minimum atomic E-state index is -4.57. The molecule has 1 aromatic rings. The van der Waals surface area contributed by atoms with E-state index in [0.29, 0.717) is 64.2 Å². The summed E-state index contributed by atoms with van der Waals surface area (Å²) in [6, 6.07) is 3.58. The van der Waals surface area contributed by atoms with Crippen molar-refractivity contribution >= 4 is 29.1 Å². The lowest BCUT2D eigenvalue weighted by atomic mass is 9.72. The van der Waals surface area contributed by atoms with Crippen LogP contribution in [0.3, 0.4) is 0 Å². The Morgan fingerprint density at radius 3 is 2.21 bits per heavy atom. The zero-order valence-corrected chi connectivity index (χ0v) is 44.1. The molecule has 4 fully saturated rings. The summed E-state index contributed by atoms with van der Waals surface area (Å²) in [7, 11) is 0. The summed E-state index contributed by atoms with van der Waals surface area (Å²) >= 11 is 0. The van der Waals surface area contributed by atoms with Crippen molar-refractivity contribution in [3.8, 4) is 0 Å². The number of esters is 1. The van der Waals surface area contributed by atoms with Crippen molar-refractivity contribution in [2.45, 2.75) is 232 Å². The Balaban J connectivity index is 1.12. The number of ketones is 2. The molecule has 13 nitrogen and oxygen atoms in total. The highest BCUT2D eigenvalue weighted by atomic mass is 19.4. The number of benzene rings is 1. The number of aryl methyl sites for hydroxylation is 1. The SMILES string of the molecule is CCC(C(=O)CCC(=O)Nc1ccc(C)c(C(F)(F)F)c1)[C@H]1CC[C@H](C)[C@H](C(C)C(O)[C@H](C)C(=O)[C@H](CC)[C@H]2O[C@]3(C=C[C@@H](OC(C)=O)[C@]4(CC[C@@](C)([C@H]5CC[C@](O)(CC)C(C)O5)O4)O3)C(C)CC2C)O1. The molecule has 6 rings (SSSR count). The number of anilines is 1. The number of hydrogen-bond donors (Lipinski definition) is 3. The number of halogens is 3. The van der Waals surface area contributed by atoms with Gasteiger partial charge in [-0.1, -0.05) is 61.5 Å². The van der Waals surface area contributed by atoms with E-state index in [9.17, 15) is 42.6 Å². The van der Waals surface area contributed by atoms with Crippen LogP contribution >= 0.6 is 0 Å². The standard InChI is InChI=1S/C55H82F3NO12/c1-13-39(42(61)19-21-46(62)59-38-18-16-30(4)41(29-38)55(56,57)58)43-20-17-31(5)49(68-43)35(9)47(63)34(8)48(64)40(14-2)50-32(6)28-33(7)53(69-50)25-23-45(67-37(11)60)54(71-53)27-26-51(12,70-54)44-22-24-52(65,15-3)36(10)66-44/h16,18,23,25,29,31-36,39-40,43-45,47,49-50,63,65H,13-15,17,19-22,24,26-28H2,1-12H3,(H,59,62)/t31-,32?,33?,34-,35?,36?,39?,40-,43+,44+,45+,47?,49+,50-,51-,52+,53-,54-/m0/s1. The van der Waals surface area contributed by atoms with E-state index in [2.05, 4.69) is 12.2 Å². The molecule has 3 N–H and O–H groups in total. The average Bonchev–Trinajstić information content (AvgIpc) is 3.66. The summed E-state index contributed by atoms with van der Waals surface area (Å²) in [5, 5.41) is 25.7. The lowest BCUT2D eigenvalue weighted by Gasteiger charge is -2.54. The highest BCUT2D eigenvalue weighted by Crippen LogP contribution is 2.55. The van der Waals surface area contributed by atoms with E-state index in [4.69, 9.17) is 28.4 Å². The number of ether oxygens (including phenoxy) is 6. The van der Waals surface area contributed by atoms with Crippen LogP contribution in [0.5, 0.6) is 0 Å². The number of rotatable bonds is 17. The molecule has 5 aliphatic heterocycles. The highest BCUT2D eigenvalue weighted by molar-refractivity contribution is 5.94. The minimum Gasteiger partial charge on any atom is -0.453 e. The lowest BCUT2D eigenvalue weighted by Crippen LogP contribution is -2.63. The first-order valence-corrected chi connectivity index (χ1v) is 26.4. The second-order valence-electron chi connectivity index (χ2n) is 22.2. The van der Waals surface area contributed by atoms with Crippen molar-refractivity contribution < 1.29 is 71.0 Å². The first-order valence-electron chi connectivity index (χ1n) is 26.4. The van der Waals surface area contributed by atoms with Crippen LogP contribution in [0.4, 0.5) is 18.9 Å². The van der Waals surface area contributed by atoms with Crippen molar-refractivity contribution in [1.29, 1.82) is 0 Å². The number of carbonyl (C=O) groups is 4. The first-order chi connectivity index (χ1) is 33.2. The molecule has 1 aromatic carbocycles. The van der Waals surface area contributed by atoms with Gasteiger partial charge in [-0.15, -0.1) is 0 Å². The highest BCUT2D eigenvalue weighted by Gasteiger charge is 2.64. The molecule has 0 bridgehead atoms. The largest absolute Gasteiger partial charge is 0.453 e. The van der Waals surface area contributed by atoms with Gasteiger partial charge in [0.25, 0.3) is 0 Å². The van der Waals surface area contributed by atoms with E-state index < -0.39 is 107 Å². The number of nitrogens with one attached hydrogen (secondary N) is 1. The maximum Gasteiger partial charge on any atom is 0.416 e. The van der Waals surface area contributed by atoms with Gasteiger partial charge in [-0.3, -0.25) is 19.2 Å². The van der Waals surface area contributed by atoms with Gasteiger partial charge in [-0.2, -0.15) is 13.2 Å². The van der Waals surface area contributed by atoms with Gasteiger partial charge in [0, 0.05) is 61.5 Å². The molecule has 6 unspecified atom stereocenters. The predicted octanol–water partition coefficient (Wildman–Crippen LogP) is 9.99. The zero-order chi connectivity index (χ0) is 52.6. The summed E-state index contributed by atoms with van der Waals surface area (Å²) in [5.74, 6) is -6.92. The van der Waals surface area contributed by atoms with Crippen LogP contribution in [0.1, 0.15) is 164 Å². The molecular formula is C55H82F3NO12. The molecule has 400 valence electrons. The van der Waals surface area contributed by atoms with Gasteiger partial charge >= 0.3 is 12.1 Å². The van der Waals surface area contributed by atoms with Crippen molar-refractivity contribution in [3.63, 3.8) is 0 Å². The average molecular weight is 1010 g/mol. The smallest absolute Gasteiger partial charge is 0.416 e. The van der Waals surface area contributed by atoms with Gasteiger partial charge < -0.3 is 44.0 Å². The summed E-state index contributed by atoms with van der Waals surface area (Å²) in [5.41, 5.74) is -2.58. The molecule has 5 heterocycles. The molecule has 16 heteroatoms. The first kappa shape index (κ1) is 57.0. The van der Waals surface area contributed by atoms with Gasteiger partial charge in [-0.25, -0.2) is 0 Å². The molecule has 2 spiro atoms. The Labute approximate surface area is 419 Å². The Morgan fingerprint density at radius 1 is 0.901 bits per heavy atom. The van der Waals surface area contributed by atoms with Gasteiger partial charge in [0.15, 0.2) is 11.9 Å². The van der Waals surface area contributed by atoms with E-state index in [0.717, 1.165) is 6.07 Å². The third kappa shape index (κ3) is 12.0. The third-order valence-corrected chi connectivity index (χ3v) is 17.2. The minimum absolute atomic E-state index is 0.000106. The number of Topliss-reactive ketones (excluding diaryl/α,β-unsaturated/α-hetero) is 2. The van der Waals surface area contributed by atoms with E-state index in [-0.39, 0.29) is 59.5 Å². The fourth-order valence-electron chi connectivity index (χ4n) is 12.5. The van der Waals surface area contributed by atoms with Gasteiger partial charge in [0.2, 0.25) is 11.7 Å². The van der Waals surface area contributed by atoms with Crippen LogP contribution in [0.25, 0.3) is 0 Å². The van der Waals surface area contributed by atoms with Crippen LogP contribution in [-0.4, -0.2) is 99.2 Å². The zero-order valence-electron chi connectivity index (χ0n) is 44.1. The van der Waals surface area contributed by atoms with E-state index >= 15 is 0 Å². The molecule has 0 aliphatic carbocycles. The second-order valence-corrected chi connectivity index (χ2v) is 22.2. The van der Waals surface area contributed by atoms with Crippen molar-refractivity contribution in [2.75, 3.05) is 5.32 Å². The Morgan fingerprint density at radius 2 is 1.59 bits per heavy atom. The van der Waals surface area contributed by atoms with Gasteiger partial charge in [0.1, 0.15) is 11.6 Å². The topological polar surface area (TPSA) is 176 Å². The predicted molar refractivity (Wildman–Crippen MR) is 260 cm³/mol.